The van der Waals surface area contributed by atoms with Gasteiger partial charge >= 0.3 is 5.97 Å². The second kappa shape index (κ2) is 10.2. The van der Waals surface area contributed by atoms with Crippen molar-refractivity contribution in [3.63, 3.8) is 0 Å². The number of nitriles is 1. The summed E-state index contributed by atoms with van der Waals surface area (Å²) in [6, 6.07) is 18.1. The number of nitrogens with one attached hydrogen (secondary N) is 2. The van der Waals surface area contributed by atoms with Gasteiger partial charge in [0.2, 0.25) is 0 Å². The maximum Gasteiger partial charge on any atom is 0.326 e. The first-order valence-electron chi connectivity index (χ1n) is 8.64. The van der Waals surface area contributed by atoms with Crippen LogP contribution in [-0.4, -0.2) is 23.0 Å². The zero-order chi connectivity index (χ0) is 20.5. The van der Waals surface area contributed by atoms with Crippen molar-refractivity contribution in [3.05, 3.63) is 66.4 Å². The Kier molecular flexibility index (Phi) is 7.66. The van der Waals surface area contributed by atoms with Crippen molar-refractivity contribution in [2.45, 2.75) is 29.7 Å². The number of carboxylic acid groups (broad SMARTS) is 1. The van der Waals surface area contributed by atoms with E-state index in [1.807, 2.05) is 60.7 Å². The lowest BCUT2D eigenvalue weighted by molar-refractivity contribution is -0.142. The lowest BCUT2D eigenvalue weighted by Gasteiger charge is -2.17. The Morgan fingerprint density at radius 1 is 1.11 bits per heavy atom. The van der Waals surface area contributed by atoms with Crippen LogP contribution in [0.5, 0.6) is 0 Å². The van der Waals surface area contributed by atoms with Gasteiger partial charge in [-0.2, -0.15) is 5.26 Å². The molecule has 0 aliphatic carbocycles. The molecule has 0 bridgehead atoms. The third kappa shape index (κ3) is 5.89. The molecule has 0 radical (unpaired) electrons. The van der Waals surface area contributed by atoms with Crippen molar-refractivity contribution in [1.82, 2.24) is 5.32 Å². The highest BCUT2D eigenvalue weighted by Crippen LogP contribution is 2.33. The molecule has 28 heavy (non-hydrogen) atoms. The molecule has 6 nitrogen and oxygen atoms in total. The van der Waals surface area contributed by atoms with Crippen LogP contribution in [0.3, 0.4) is 0 Å². The van der Waals surface area contributed by atoms with Crippen molar-refractivity contribution in [1.29, 1.82) is 5.26 Å². The molecule has 2 aromatic carbocycles. The van der Waals surface area contributed by atoms with Crippen LogP contribution in [0.1, 0.15) is 13.8 Å². The standard InChI is InChI=1S/C21H21N3O3S/c1-14(2)19(21(26)27)24-20(25)15(12-22)13-23-17-10-6-7-11-18(17)28-16-8-4-3-5-9-16/h3-11,13-14,19,23H,1-2H3,(H,24,25)(H,26,27)/b15-13-. The molecular weight excluding hydrogens is 374 g/mol. The summed E-state index contributed by atoms with van der Waals surface area (Å²) < 4.78 is 0. The molecule has 0 fully saturated rings. The van der Waals surface area contributed by atoms with Gasteiger partial charge in [0.1, 0.15) is 17.7 Å². The van der Waals surface area contributed by atoms with Gasteiger partial charge in [-0.3, -0.25) is 4.79 Å². The number of hydrogen-bond acceptors (Lipinski definition) is 5. The predicted molar refractivity (Wildman–Crippen MR) is 109 cm³/mol. The second-order valence-corrected chi connectivity index (χ2v) is 7.37. The number of nitrogens with zero attached hydrogens (tertiary/aromatic N) is 1. The molecule has 0 heterocycles. The number of hydrogen-bond donors (Lipinski definition) is 3. The summed E-state index contributed by atoms with van der Waals surface area (Å²) in [5, 5.41) is 23.9. The van der Waals surface area contributed by atoms with Gasteiger partial charge < -0.3 is 15.7 Å². The molecule has 144 valence electrons. The summed E-state index contributed by atoms with van der Waals surface area (Å²) in [7, 11) is 0. The summed E-state index contributed by atoms with van der Waals surface area (Å²) in [5.74, 6) is -2.18. The van der Waals surface area contributed by atoms with Crippen LogP contribution in [0.25, 0.3) is 0 Å². The molecule has 0 spiro atoms. The molecule has 1 atom stereocenters. The first-order chi connectivity index (χ1) is 13.4. The number of amides is 1. The summed E-state index contributed by atoms with van der Waals surface area (Å²) in [6.45, 7) is 3.37. The fourth-order valence-electron chi connectivity index (χ4n) is 2.32. The smallest absolute Gasteiger partial charge is 0.326 e. The van der Waals surface area contributed by atoms with Gasteiger partial charge in [0.25, 0.3) is 5.91 Å². The van der Waals surface area contributed by atoms with Crippen LogP contribution in [-0.2, 0) is 9.59 Å². The number of para-hydroxylation sites is 1. The van der Waals surface area contributed by atoms with Crippen molar-refractivity contribution in [2.24, 2.45) is 5.92 Å². The average molecular weight is 395 g/mol. The average Bonchev–Trinajstić information content (AvgIpc) is 2.68. The molecule has 0 saturated carbocycles. The molecule has 7 heteroatoms. The van der Waals surface area contributed by atoms with E-state index in [1.54, 1.807) is 25.6 Å². The van der Waals surface area contributed by atoms with Gasteiger partial charge in [0.05, 0.1) is 5.69 Å². The molecule has 2 rings (SSSR count). The summed E-state index contributed by atoms with van der Waals surface area (Å²) in [5.41, 5.74) is 0.530. The van der Waals surface area contributed by atoms with Gasteiger partial charge in [0, 0.05) is 16.0 Å². The minimum Gasteiger partial charge on any atom is -0.480 e. The van der Waals surface area contributed by atoms with Gasteiger partial charge in [-0.1, -0.05) is 55.9 Å². The number of aliphatic carboxylic acids is 1. The first-order valence-corrected chi connectivity index (χ1v) is 9.46. The fourth-order valence-corrected chi connectivity index (χ4v) is 3.25. The molecule has 3 N–H and O–H groups in total. The number of carbonyl (C=O) groups excluding carboxylic acids is 1. The molecule has 1 amide bonds. The first kappa shape index (κ1) is 21.1. The van der Waals surface area contributed by atoms with E-state index in [0.29, 0.717) is 0 Å². The zero-order valence-corrected chi connectivity index (χ0v) is 16.4. The number of rotatable bonds is 8. The topological polar surface area (TPSA) is 102 Å². The van der Waals surface area contributed by atoms with Gasteiger partial charge in [-0.05, 0) is 30.2 Å². The van der Waals surface area contributed by atoms with E-state index in [0.717, 1.165) is 15.5 Å². The van der Waals surface area contributed by atoms with Crippen LogP contribution >= 0.6 is 11.8 Å². The normalized spacial score (nSPS) is 12.1. The molecular formula is C21H21N3O3S. The van der Waals surface area contributed by atoms with Crippen LogP contribution in [0.15, 0.2) is 76.2 Å². The molecule has 0 aromatic heterocycles. The monoisotopic (exact) mass is 395 g/mol. The maximum absolute atomic E-state index is 12.3. The summed E-state index contributed by atoms with van der Waals surface area (Å²) in [4.78, 5) is 25.5. The van der Waals surface area contributed by atoms with E-state index in [1.165, 1.54) is 6.20 Å². The van der Waals surface area contributed by atoms with Crippen molar-refractivity contribution >= 4 is 29.3 Å². The highest BCUT2D eigenvalue weighted by molar-refractivity contribution is 7.99. The van der Waals surface area contributed by atoms with E-state index in [2.05, 4.69) is 10.6 Å². The third-order valence-electron chi connectivity index (χ3n) is 3.81. The second-order valence-electron chi connectivity index (χ2n) is 6.26. The fraction of sp³-hybridized carbons (Fsp3) is 0.190. The number of carboxylic acids is 1. The van der Waals surface area contributed by atoms with Crippen molar-refractivity contribution in [2.75, 3.05) is 5.32 Å². The lowest BCUT2D eigenvalue weighted by atomic mass is 10.0. The highest BCUT2D eigenvalue weighted by Gasteiger charge is 2.24. The van der Waals surface area contributed by atoms with Crippen LogP contribution in [0, 0.1) is 17.2 Å². The quantitative estimate of drug-likeness (QED) is 0.463. The zero-order valence-electron chi connectivity index (χ0n) is 15.5. The Balaban J connectivity index is 2.16. The number of benzene rings is 2. The van der Waals surface area contributed by atoms with Crippen LogP contribution in [0.2, 0.25) is 0 Å². The minimum absolute atomic E-state index is 0.202. The predicted octanol–water partition coefficient (Wildman–Crippen LogP) is 3.88. The Morgan fingerprint density at radius 3 is 2.36 bits per heavy atom. The van der Waals surface area contributed by atoms with E-state index >= 15 is 0 Å². The maximum atomic E-state index is 12.3. The molecule has 2 aromatic rings. The van der Waals surface area contributed by atoms with E-state index < -0.39 is 17.9 Å². The Labute approximate surface area is 168 Å². The number of anilines is 1. The van der Waals surface area contributed by atoms with Gasteiger partial charge in [-0.25, -0.2) is 4.79 Å². The Morgan fingerprint density at radius 2 is 1.75 bits per heavy atom. The van der Waals surface area contributed by atoms with Crippen LogP contribution in [0.4, 0.5) is 5.69 Å². The molecule has 1 unspecified atom stereocenters. The van der Waals surface area contributed by atoms with Crippen LogP contribution < -0.4 is 10.6 Å². The molecule has 0 aliphatic heterocycles. The molecule has 0 saturated heterocycles. The van der Waals surface area contributed by atoms with E-state index in [-0.39, 0.29) is 11.5 Å². The van der Waals surface area contributed by atoms with Gasteiger partial charge in [-0.15, -0.1) is 0 Å². The van der Waals surface area contributed by atoms with Crippen molar-refractivity contribution < 1.29 is 14.7 Å². The van der Waals surface area contributed by atoms with E-state index in [9.17, 15) is 20.0 Å². The van der Waals surface area contributed by atoms with Gasteiger partial charge in [0.15, 0.2) is 0 Å². The van der Waals surface area contributed by atoms with E-state index in [4.69, 9.17) is 0 Å². The lowest BCUT2D eigenvalue weighted by Crippen LogP contribution is -2.44. The van der Waals surface area contributed by atoms with Crippen molar-refractivity contribution in [3.8, 4) is 6.07 Å². The Hall–Kier alpha value is -3.24. The minimum atomic E-state index is -1.14. The Bertz CT molecular complexity index is 905. The SMILES string of the molecule is CC(C)C(NC(=O)/C(C#N)=C\Nc1ccccc1Sc1ccccc1)C(=O)O. The highest BCUT2D eigenvalue weighted by atomic mass is 32.2. The molecule has 0 aliphatic rings. The summed E-state index contributed by atoms with van der Waals surface area (Å²) >= 11 is 1.55. The number of carbonyl (C=O) groups is 2. The largest absolute Gasteiger partial charge is 0.480 e. The third-order valence-corrected chi connectivity index (χ3v) is 4.90. The summed E-state index contributed by atoms with van der Waals surface area (Å²) in [6.07, 6.45) is 1.29.